The highest BCUT2D eigenvalue weighted by atomic mass is 16.5. The normalized spacial score (nSPS) is 10.6. The Labute approximate surface area is 123 Å². The second kappa shape index (κ2) is 6.83. The lowest BCUT2D eigenvalue weighted by molar-refractivity contribution is 0.0696. The zero-order valence-corrected chi connectivity index (χ0v) is 12.1. The van der Waals surface area contributed by atoms with Crippen LogP contribution in [0.15, 0.2) is 36.5 Å². The van der Waals surface area contributed by atoms with Gasteiger partial charge < -0.3 is 9.84 Å². The first-order valence-corrected chi connectivity index (χ1v) is 6.84. The van der Waals surface area contributed by atoms with Crippen molar-refractivity contribution in [1.82, 2.24) is 9.97 Å². The number of aromatic carboxylic acids is 1. The fraction of sp³-hybridized carbons (Fsp3) is 0.312. The summed E-state index contributed by atoms with van der Waals surface area (Å²) in [5.74, 6) is -0.495. The highest BCUT2D eigenvalue weighted by Gasteiger charge is 2.11. The number of rotatable bonds is 6. The monoisotopic (exact) mass is 286 g/mol. The predicted molar refractivity (Wildman–Crippen MR) is 78.7 cm³/mol. The number of pyridine rings is 2. The van der Waals surface area contributed by atoms with Gasteiger partial charge in [-0.1, -0.05) is 19.9 Å². The fourth-order valence-electron chi connectivity index (χ4n) is 1.83. The molecule has 2 aromatic rings. The summed E-state index contributed by atoms with van der Waals surface area (Å²) in [7, 11) is 0. The van der Waals surface area contributed by atoms with Crippen LogP contribution in [0.25, 0.3) is 0 Å². The first-order chi connectivity index (χ1) is 10.1. The van der Waals surface area contributed by atoms with Gasteiger partial charge in [0.15, 0.2) is 0 Å². The Morgan fingerprint density at radius 2 is 2.14 bits per heavy atom. The van der Waals surface area contributed by atoms with Gasteiger partial charge in [0.1, 0.15) is 0 Å². The maximum absolute atomic E-state index is 11.1. The van der Waals surface area contributed by atoms with Gasteiger partial charge >= 0.3 is 5.97 Å². The quantitative estimate of drug-likeness (QED) is 0.884. The van der Waals surface area contributed by atoms with Crippen molar-refractivity contribution in [3.8, 4) is 5.88 Å². The topological polar surface area (TPSA) is 72.3 Å². The third kappa shape index (κ3) is 4.27. The summed E-state index contributed by atoms with van der Waals surface area (Å²) in [6, 6.07) is 8.73. The highest BCUT2D eigenvalue weighted by Crippen LogP contribution is 2.19. The van der Waals surface area contributed by atoms with E-state index >= 15 is 0 Å². The highest BCUT2D eigenvalue weighted by molar-refractivity contribution is 5.88. The van der Waals surface area contributed by atoms with Crippen LogP contribution in [0.2, 0.25) is 0 Å². The van der Waals surface area contributed by atoms with Crippen molar-refractivity contribution in [2.75, 3.05) is 6.61 Å². The number of hydrogen-bond acceptors (Lipinski definition) is 4. The molecule has 1 N–H and O–H groups in total. The first kappa shape index (κ1) is 15.0. The van der Waals surface area contributed by atoms with Crippen molar-refractivity contribution in [2.45, 2.75) is 26.2 Å². The number of hydrogen-bond donors (Lipinski definition) is 1. The molecular weight excluding hydrogens is 268 g/mol. The molecule has 0 fully saturated rings. The molecule has 0 aliphatic carbocycles. The van der Waals surface area contributed by atoms with Crippen molar-refractivity contribution in [3.63, 3.8) is 0 Å². The summed E-state index contributed by atoms with van der Waals surface area (Å²) < 4.78 is 5.58. The SMILES string of the molecule is CC(C)c1cc(C(=O)O)cc(OCCc2ccccn2)n1. The van der Waals surface area contributed by atoms with Crippen LogP contribution in [0.4, 0.5) is 0 Å². The largest absolute Gasteiger partial charge is 0.478 e. The number of ether oxygens (including phenoxy) is 1. The third-order valence-electron chi connectivity index (χ3n) is 2.99. The molecule has 2 heterocycles. The van der Waals surface area contributed by atoms with Gasteiger partial charge in [0.2, 0.25) is 5.88 Å². The second-order valence-electron chi connectivity index (χ2n) is 5.00. The Balaban J connectivity index is 2.06. The van der Waals surface area contributed by atoms with Gasteiger partial charge in [-0.15, -0.1) is 0 Å². The van der Waals surface area contributed by atoms with E-state index in [-0.39, 0.29) is 11.5 Å². The van der Waals surface area contributed by atoms with E-state index < -0.39 is 5.97 Å². The van der Waals surface area contributed by atoms with Crippen molar-refractivity contribution in [1.29, 1.82) is 0 Å². The molecule has 0 atom stereocenters. The van der Waals surface area contributed by atoms with Gasteiger partial charge in [-0.3, -0.25) is 4.98 Å². The average molecular weight is 286 g/mol. The predicted octanol–water partition coefficient (Wildman–Crippen LogP) is 2.92. The number of carboxylic acid groups (broad SMARTS) is 1. The molecule has 0 saturated heterocycles. The number of carboxylic acids is 1. The zero-order valence-electron chi connectivity index (χ0n) is 12.1. The number of nitrogens with zero attached hydrogens (tertiary/aromatic N) is 2. The summed E-state index contributed by atoms with van der Waals surface area (Å²) in [6.07, 6.45) is 2.38. The summed E-state index contributed by atoms with van der Waals surface area (Å²) in [5, 5.41) is 9.13. The van der Waals surface area contributed by atoms with E-state index in [0.29, 0.717) is 24.6 Å². The molecule has 0 aliphatic rings. The van der Waals surface area contributed by atoms with Gasteiger partial charge in [-0.05, 0) is 24.1 Å². The molecule has 2 rings (SSSR count). The maximum Gasteiger partial charge on any atom is 0.335 e. The van der Waals surface area contributed by atoms with Gasteiger partial charge in [0.25, 0.3) is 0 Å². The Morgan fingerprint density at radius 3 is 2.76 bits per heavy atom. The molecule has 0 amide bonds. The summed E-state index contributed by atoms with van der Waals surface area (Å²) >= 11 is 0. The molecule has 0 aliphatic heterocycles. The van der Waals surface area contributed by atoms with Crippen LogP contribution in [0, 0.1) is 0 Å². The molecule has 2 aromatic heterocycles. The minimum atomic E-state index is -0.978. The molecule has 110 valence electrons. The van der Waals surface area contributed by atoms with Gasteiger partial charge in [0.05, 0.1) is 12.2 Å². The Bertz CT molecular complexity index is 612. The van der Waals surface area contributed by atoms with Crippen LogP contribution < -0.4 is 4.74 Å². The second-order valence-corrected chi connectivity index (χ2v) is 5.00. The molecule has 5 heteroatoms. The lowest BCUT2D eigenvalue weighted by atomic mass is 10.1. The van der Waals surface area contributed by atoms with Gasteiger partial charge in [0, 0.05) is 30.1 Å². The fourth-order valence-corrected chi connectivity index (χ4v) is 1.83. The van der Waals surface area contributed by atoms with E-state index in [0.717, 1.165) is 5.69 Å². The number of aromatic nitrogens is 2. The minimum Gasteiger partial charge on any atom is -0.478 e. The standard InChI is InChI=1S/C16H18N2O3/c1-11(2)14-9-12(16(19)20)10-15(18-14)21-8-6-13-5-3-4-7-17-13/h3-5,7,9-11H,6,8H2,1-2H3,(H,19,20). The molecule has 5 nitrogen and oxygen atoms in total. The molecule has 0 saturated carbocycles. The van der Waals surface area contributed by atoms with Crippen LogP contribution in [-0.4, -0.2) is 27.7 Å². The molecule has 0 bridgehead atoms. The molecule has 0 unspecified atom stereocenters. The van der Waals surface area contributed by atoms with Crippen molar-refractivity contribution in [3.05, 3.63) is 53.5 Å². The summed E-state index contributed by atoms with van der Waals surface area (Å²) in [4.78, 5) is 19.7. The van der Waals surface area contributed by atoms with Crippen LogP contribution in [0.5, 0.6) is 5.88 Å². The Hall–Kier alpha value is -2.43. The lowest BCUT2D eigenvalue weighted by Gasteiger charge is -2.10. The zero-order chi connectivity index (χ0) is 15.2. The van der Waals surface area contributed by atoms with Crippen molar-refractivity contribution in [2.24, 2.45) is 0 Å². The molecule has 0 spiro atoms. The van der Waals surface area contributed by atoms with Crippen molar-refractivity contribution < 1.29 is 14.6 Å². The van der Waals surface area contributed by atoms with E-state index in [1.165, 1.54) is 6.07 Å². The summed E-state index contributed by atoms with van der Waals surface area (Å²) in [6.45, 7) is 4.34. The van der Waals surface area contributed by atoms with Crippen molar-refractivity contribution >= 4 is 5.97 Å². The molecule has 21 heavy (non-hydrogen) atoms. The van der Waals surface area contributed by atoms with E-state index in [4.69, 9.17) is 9.84 Å². The van der Waals surface area contributed by atoms with Crippen LogP contribution >= 0.6 is 0 Å². The van der Waals surface area contributed by atoms with E-state index in [2.05, 4.69) is 9.97 Å². The van der Waals surface area contributed by atoms with Gasteiger partial charge in [-0.2, -0.15) is 0 Å². The molecule has 0 aromatic carbocycles. The van der Waals surface area contributed by atoms with Crippen LogP contribution in [-0.2, 0) is 6.42 Å². The first-order valence-electron chi connectivity index (χ1n) is 6.84. The lowest BCUT2D eigenvalue weighted by Crippen LogP contribution is -2.07. The summed E-state index contributed by atoms with van der Waals surface area (Å²) in [5.41, 5.74) is 1.83. The average Bonchev–Trinajstić information content (AvgIpc) is 2.48. The third-order valence-corrected chi connectivity index (χ3v) is 2.99. The Kier molecular flexibility index (Phi) is 4.87. The molecule has 0 radical (unpaired) electrons. The van der Waals surface area contributed by atoms with E-state index in [1.807, 2.05) is 32.0 Å². The van der Waals surface area contributed by atoms with Crippen LogP contribution in [0.3, 0.4) is 0 Å². The number of carbonyl (C=O) groups is 1. The van der Waals surface area contributed by atoms with Crippen LogP contribution in [0.1, 0.15) is 41.5 Å². The Morgan fingerprint density at radius 1 is 1.33 bits per heavy atom. The van der Waals surface area contributed by atoms with E-state index in [9.17, 15) is 4.79 Å². The smallest absolute Gasteiger partial charge is 0.335 e. The van der Waals surface area contributed by atoms with E-state index in [1.54, 1.807) is 12.3 Å². The maximum atomic E-state index is 11.1. The van der Waals surface area contributed by atoms with Gasteiger partial charge in [-0.25, -0.2) is 9.78 Å². The minimum absolute atomic E-state index is 0.141. The molecular formula is C16H18N2O3.